The monoisotopic (exact) mass is 228 g/mol. The van der Waals surface area contributed by atoms with Gasteiger partial charge < -0.3 is 15.0 Å². The zero-order valence-corrected chi connectivity index (χ0v) is 11.1. The van der Waals surface area contributed by atoms with Crippen LogP contribution in [0.5, 0.6) is 0 Å². The van der Waals surface area contributed by atoms with Crippen molar-refractivity contribution in [2.45, 2.75) is 45.3 Å². The molecule has 1 atom stereocenters. The van der Waals surface area contributed by atoms with Gasteiger partial charge in [-0.25, -0.2) is 0 Å². The second kappa shape index (κ2) is 4.72. The molecule has 0 aliphatic carbocycles. The van der Waals surface area contributed by atoms with Crippen molar-refractivity contribution in [2.24, 2.45) is 0 Å². The topological polar surface area (TPSA) is 41.6 Å². The summed E-state index contributed by atoms with van der Waals surface area (Å²) in [5, 5.41) is 3.31. The third-order valence-electron chi connectivity index (χ3n) is 3.62. The molecule has 1 aliphatic rings. The first-order chi connectivity index (χ1) is 7.37. The van der Waals surface area contributed by atoms with Crippen LogP contribution in [0.4, 0.5) is 0 Å². The summed E-state index contributed by atoms with van der Waals surface area (Å²) in [6.45, 7) is 10.5. The molecule has 0 saturated carbocycles. The normalized spacial score (nSPS) is 23.9. The number of carbonyl (C=O) groups excluding carboxylic acids is 1. The lowest BCUT2D eigenvalue weighted by Crippen LogP contribution is -2.64. The minimum atomic E-state index is -0.686. The van der Waals surface area contributed by atoms with Gasteiger partial charge in [0.2, 0.25) is 0 Å². The number of hydrogen-bond acceptors (Lipinski definition) is 3. The Labute approximate surface area is 98.3 Å². The molecule has 0 spiro atoms. The van der Waals surface area contributed by atoms with Crippen LogP contribution in [-0.4, -0.2) is 48.7 Å². The Morgan fingerprint density at radius 2 is 2.19 bits per heavy atom. The van der Waals surface area contributed by atoms with E-state index in [9.17, 15) is 4.79 Å². The van der Waals surface area contributed by atoms with Gasteiger partial charge in [-0.2, -0.15) is 0 Å². The first-order valence-corrected chi connectivity index (χ1v) is 5.95. The lowest BCUT2D eigenvalue weighted by molar-refractivity contribution is -0.160. The van der Waals surface area contributed by atoms with Gasteiger partial charge in [0.15, 0.2) is 0 Å². The molecule has 1 fully saturated rings. The first kappa shape index (κ1) is 13.5. The number of carbonyl (C=O) groups is 1. The van der Waals surface area contributed by atoms with Crippen molar-refractivity contribution in [3.05, 3.63) is 0 Å². The smallest absolute Gasteiger partial charge is 0.255 e. The van der Waals surface area contributed by atoms with E-state index < -0.39 is 5.60 Å². The van der Waals surface area contributed by atoms with Gasteiger partial charge in [0, 0.05) is 32.3 Å². The zero-order chi connectivity index (χ0) is 12.4. The van der Waals surface area contributed by atoms with Crippen LogP contribution in [0.15, 0.2) is 0 Å². The fourth-order valence-electron chi connectivity index (χ4n) is 2.03. The predicted octanol–water partition coefficient (Wildman–Crippen LogP) is 1.01. The van der Waals surface area contributed by atoms with Gasteiger partial charge in [0.25, 0.3) is 5.91 Å². The van der Waals surface area contributed by atoms with E-state index in [4.69, 9.17) is 4.74 Å². The van der Waals surface area contributed by atoms with Gasteiger partial charge in [-0.05, 0) is 27.2 Å². The maximum Gasteiger partial charge on any atom is 0.255 e. The second-order valence-electron chi connectivity index (χ2n) is 5.23. The number of methoxy groups -OCH3 is 1. The molecule has 94 valence electrons. The molecular weight excluding hydrogens is 204 g/mol. The Bertz CT molecular complexity index is 260. The van der Waals surface area contributed by atoms with E-state index in [2.05, 4.69) is 19.2 Å². The Hall–Kier alpha value is -0.610. The van der Waals surface area contributed by atoms with Crippen molar-refractivity contribution in [2.75, 3.05) is 26.7 Å². The lowest BCUT2D eigenvalue weighted by Gasteiger charge is -2.46. The number of rotatable bonds is 3. The van der Waals surface area contributed by atoms with E-state index in [0.29, 0.717) is 6.42 Å². The fraction of sp³-hybridized carbons (Fsp3) is 0.917. The molecule has 0 aromatic heterocycles. The van der Waals surface area contributed by atoms with E-state index in [0.717, 1.165) is 19.6 Å². The maximum atomic E-state index is 12.5. The number of nitrogens with one attached hydrogen (secondary N) is 1. The Morgan fingerprint density at radius 1 is 1.56 bits per heavy atom. The third-order valence-corrected chi connectivity index (χ3v) is 3.62. The van der Waals surface area contributed by atoms with Crippen LogP contribution in [0.3, 0.4) is 0 Å². The molecule has 1 rings (SSSR count). The summed E-state index contributed by atoms with van der Waals surface area (Å²) >= 11 is 0. The summed E-state index contributed by atoms with van der Waals surface area (Å²) in [4.78, 5) is 14.4. The predicted molar refractivity (Wildman–Crippen MR) is 64.4 cm³/mol. The van der Waals surface area contributed by atoms with E-state index in [1.54, 1.807) is 7.11 Å². The van der Waals surface area contributed by atoms with E-state index >= 15 is 0 Å². The van der Waals surface area contributed by atoms with Gasteiger partial charge in [-0.15, -0.1) is 0 Å². The van der Waals surface area contributed by atoms with Crippen LogP contribution >= 0.6 is 0 Å². The highest BCUT2D eigenvalue weighted by atomic mass is 16.5. The van der Waals surface area contributed by atoms with Gasteiger partial charge in [-0.3, -0.25) is 4.79 Å². The fourth-order valence-corrected chi connectivity index (χ4v) is 2.03. The number of amides is 1. The van der Waals surface area contributed by atoms with Crippen molar-refractivity contribution < 1.29 is 9.53 Å². The quantitative estimate of drug-likeness (QED) is 0.784. The van der Waals surface area contributed by atoms with E-state index in [-0.39, 0.29) is 11.4 Å². The number of nitrogens with zero attached hydrogens (tertiary/aromatic N) is 1. The molecule has 4 heteroatoms. The molecule has 4 nitrogen and oxygen atoms in total. The minimum absolute atomic E-state index is 0.101. The highest BCUT2D eigenvalue weighted by Crippen LogP contribution is 2.24. The van der Waals surface area contributed by atoms with E-state index in [1.807, 2.05) is 18.7 Å². The first-order valence-electron chi connectivity index (χ1n) is 5.95. The molecule has 1 heterocycles. The SMILES string of the molecule is CCC(C)(OC)C(=O)N1CCNCC1(C)C. The van der Waals surface area contributed by atoms with Crippen molar-refractivity contribution in [1.82, 2.24) is 10.2 Å². The van der Waals surface area contributed by atoms with Crippen LogP contribution in [0.25, 0.3) is 0 Å². The summed E-state index contributed by atoms with van der Waals surface area (Å²) in [6.07, 6.45) is 0.697. The molecule has 1 N–H and O–H groups in total. The average molecular weight is 228 g/mol. The zero-order valence-electron chi connectivity index (χ0n) is 11.1. The number of piperazine rings is 1. The standard InChI is InChI=1S/C12H24N2O2/c1-6-12(4,16-5)10(15)14-8-7-13-9-11(14,2)3/h13H,6-9H2,1-5H3. The molecule has 0 aromatic carbocycles. The highest BCUT2D eigenvalue weighted by molar-refractivity contribution is 5.85. The highest BCUT2D eigenvalue weighted by Gasteiger charge is 2.42. The molecule has 0 aromatic rings. The van der Waals surface area contributed by atoms with Gasteiger partial charge >= 0.3 is 0 Å². The second-order valence-corrected chi connectivity index (χ2v) is 5.23. The Kier molecular flexibility index (Phi) is 3.97. The van der Waals surface area contributed by atoms with Crippen LogP contribution in [0, 0.1) is 0 Å². The summed E-state index contributed by atoms with van der Waals surface area (Å²) in [5.74, 6) is 0.101. The van der Waals surface area contributed by atoms with Crippen LogP contribution in [0.2, 0.25) is 0 Å². The molecule has 0 bridgehead atoms. The number of ether oxygens (including phenoxy) is 1. The minimum Gasteiger partial charge on any atom is -0.369 e. The molecule has 1 unspecified atom stereocenters. The van der Waals surface area contributed by atoms with Gasteiger partial charge in [0.1, 0.15) is 5.60 Å². The summed E-state index contributed by atoms with van der Waals surface area (Å²) in [5.41, 5.74) is -0.821. The maximum absolute atomic E-state index is 12.5. The third kappa shape index (κ3) is 2.38. The van der Waals surface area contributed by atoms with Gasteiger partial charge in [0.05, 0.1) is 0 Å². The Balaban J connectivity index is 2.87. The van der Waals surface area contributed by atoms with E-state index in [1.165, 1.54) is 0 Å². The molecule has 16 heavy (non-hydrogen) atoms. The van der Waals surface area contributed by atoms with Crippen LogP contribution < -0.4 is 5.32 Å². The molecule has 0 radical (unpaired) electrons. The molecular formula is C12H24N2O2. The van der Waals surface area contributed by atoms with Crippen LogP contribution in [0.1, 0.15) is 34.1 Å². The largest absolute Gasteiger partial charge is 0.369 e. The summed E-state index contributed by atoms with van der Waals surface area (Å²) < 4.78 is 5.38. The molecule has 1 saturated heterocycles. The summed E-state index contributed by atoms with van der Waals surface area (Å²) in [6, 6.07) is 0. The van der Waals surface area contributed by atoms with Crippen molar-refractivity contribution in [3.63, 3.8) is 0 Å². The van der Waals surface area contributed by atoms with Crippen LogP contribution in [-0.2, 0) is 9.53 Å². The average Bonchev–Trinajstić information content (AvgIpc) is 2.26. The molecule has 1 aliphatic heterocycles. The lowest BCUT2D eigenvalue weighted by atomic mass is 9.94. The van der Waals surface area contributed by atoms with Crippen molar-refractivity contribution in [3.8, 4) is 0 Å². The number of hydrogen-bond donors (Lipinski definition) is 1. The Morgan fingerprint density at radius 3 is 2.62 bits per heavy atom. The summed E-state index contributed by atoms with van der Waals surface area (Å²) in [7, 11) is 1.61. The van der Waals surface area contributed by atoms with Crippen molar-refractivity contribution in [1.29, 1.82) is 0 Å². The van der Waals surface area contributed by atoms with Gasteiger partial charge in [-0.1, -0.05) is 6.92 Å². The van der Waals surface area contributed by atoms with Crippen molar-refractivity contribution >= 4 is 5.91 Å². The molecule has 1 amide bonds.